The summed E-state index contributed by atoms with van der Waals surface area (Å²) in [7, 11) is 0. The Kier molecular flexibility index (Phi) is 6.38. The zero-order valence-corrected chi connectivity index (χ0v) is 14.2. The van der Waals surface area contributed by atoms with Gasteiger partial charge in [0.05, 0.1) is 6.61 Å². The van der Waals surface area contributed by atoms with Crippen molar-refractivity contribution in [2.75, 3.05) is 11.9 Å². The van der Waals surface area contributed by atoms with Gasteiger partial charge in [-0.3, -0.25) is 10.1 Å². The summed E-state index contributed by atoms with van der Waals surface area (Å²) < 4.78 is 5.56. The molecular weight excluding hydrogens is 332 g/mol. The van der Waals surface area contributed by atoms with Crippen LogP contribution in [0.3, 0.4) is 0 Å². The minimum atomic E-state index is -0.316. The second-order valence-electron chi connectivity index (χ2n) is 4.79. The van der Waals surface area contributed by atoms with Gasteiger partial charge in [-0.25, -0.2) is 0 Å². The predicted molar refractivity (Wildman–Crippen MR) is 97.4 cm³/mol. The Morgan fingerprint density at radius 3 is 2.74 bits per heavy atom. The standard InChI is InChI=1S/C17H17ClN2O2S/c1-2-9-22-15-8-4-7-14(11-15)19-17(23)20-16(21)12-5-3-6-13(18)10-12/h3-8,10-11H,2,9H2,1H3,(H2,19,20,21,23). The van der Waals surface area contributed by atoms with Gasteiger partial charge in [-0.05, 0) is 49.0 Å². The molecule has 0 aliphatic carbocycles. The molecule has 2 aromatic carbocycles. The maximum absolute atomic E-state index is 12.1. The zero-order valence-electron chi connectivity index (χ0n) is 12.6. The molecule has 0 bridgehead atoms. The summed E-state index contributed by atoms with van der Waals surface area (Å²) in [4.78, 5) is 12.1. The Balaban J connectivity index is 1.95. The summed E-state index contributed by atoms with van der Waals surface area (Å²) in [6.07, 6.45) is 0.936. The predicted octanol–water partition coefficient (Wildman–Crippen LogP) is 4.26. The van der Waals surface area contributed by atoms with Crippen LogP contribution in [0.2, 0.25) is 5.02 Å². The molecule has 0 saturated carbocycles. The van der Waals surface area contributed by atoms with E-state index in [0.29, 0.717) is 17.2 Å². The highest BCUT2D eigenvalue weighted by Crippen LogP contribution is 2.17. The lowest BCUT2D eigenvalue weighted by atomic mass is 10.2. The summed E-state index contributed by atoms with van der Waals surface area (Å²) >= 11 is 11.0. The van der Waals surface area contributed by atoms with Gasteiger partial charge < -0.3 is 10.1 Å². The topological polar surface area (TPSA) is 50.4 Å². The number of hydrogen-bond donors (Lipinski definition) is 2. The first kappa shape index (κ1) is 17.2. The van der Waals surface area contributed by atoms with E-state index < -0.39 is 0 Å². The van der Waals surface area contributed by atoms with Crippen LogP contribution in [0.4, 0.5) is 5.69 Å². The Hall–Kier alpha value is -2.11. The first-order valence-corrected chi connectivity index (χ1v) is 7.98. The maximum atomic E-state index is 12.1. The molecule has 2 rings (SSSR count). The summed E-state index contributed by atoms with van der Waals surface area (Å²) in [5.74, 6) is 0.434. The molecule has 0 heterocycles. The Morgan fingerprint density at radius 1 is 1.22 bits per heavy atom. The average molecular weight is 349 g/mol. The van der Waals surface area contributed by atoms with Crippen LogP contribution in [0, 0.1) is 0 Å². The fourth-order valence-corrected chi connectivity index (χ4v) is 2.25. The molecule has 0 aromatic heterocycles. The van der Waals surface area contributed by atoms with Crippen molar-refractivity contribution < 1.29 is 9.53 Å². The quantitative estimate of drug-likeness (QED) is 0.793. The molecule has 4 nitrogen and oxygen atoms in total. The van der Waals surface area contributed by atoms with E-state index in [1.165, 1.54) is 0 Å². The molecule has 0 spiro atoms. The van der Waals surface area contributed by atoms with Crippen molar-refractivity contribution in [2.45, 2.75) is 13.3 Å². The molecular formula is C17H17ClN2O2S. The van der Waals surface area contributed by atoms with Crippen molar-refractivity contribution >= 4 is 40.5 Å². The van der Waals surface area contributed by atoms with Crippen molar-refractivity contribution in [3.05, 3.63) is 59.1 Å². The van der Waals surface area contributed by atoms with Gasteiger partial charge in [0.25, 0.3) is 5.91 Å². The summed E-state index contributed by atoms with van der Waals surface area (Å²) in [6, 6.07) is 14.1. The van der Waals surface area contributed by atoms with Gasteiger partial charge in [0.1, 0.15) is 5.75 Å². The van der Waals surface area contributed by atoms with Gasteiger partial charge in [0.2, 0.25) is 0 Å². The third-order valence-electron chi connectivity index (χ3n) is 2.88. The Bertz CT molecular complexity index is 706. The number of amides is 1. The van der Waals surface area contributed by atoms with Gasteiger partial charge in [-0.2, -0.15) is 0 Å². The van der Waals surface area contributed by atoms with E-state index in [0.717, 1.165) is 17.9 Å². The molecule has 0 unspecified atom stereocenters. The highest BCUT2D eigenvalue weighted by atomic mass is 35.5. The minimum Gasteiger partial charge on any atom is -0.494 e. The lowest BCUT2D eigenvalue weighted by molar-refractivity contribution is 0.0977. The zero-order chi connectivity index (χ0) is 16.7. The number of nitrogens with one attached hydrogen (secondary N) is 2. The van der Waals surface area contributed by atoms with Crippen LogP contribution in [0.5, 0.6) is 5.75 Å². The molecule has 120 valence electrons. The largest absolute Gasteiger partial charge is 0.494 e. The van der Waals surface area contributed by atoms with E-state index in [2.05, 4.69) is 10.6 Å². The molecule has 0 fully saturated rings. The van der Waals surface area contributed by atoms with Gasteiger partial charge in [-0.1, -0.05) is 30.7 Å². The fraction of sp³-hybridized carbons (Fsp3) is 0.176. The number of benzene rings is 2. The van der Waals surface area contributed by atoms with E-state index in [1.54, 1.807) is 24.3 Å². The number of rotatable bonds is 5. The normalized spacial score (nSPS) is 10.0. The monoisotopic (exact) mass is 348 g/mol. The first-order valence-electron chi connectivity index (χ1n) is 7.19. The highest BCUT2D eigenvalue weighted by Gasteiger charge is 2.08. The van der Waals surface area contributed by atoms with E-state index in [4.69, 9.17) is 28.6 Å². The molecule has 0 atom stereocenters. The van der Waals surface area contributed by atoms with Crippen molar-refractivity contribution in [1.82, 2.24) is 5.32 Å². The fourth-order valence-electron chi connectivity index (χ4n) is 1.85. The van der Waals surface area contributed by atoms with E-state index in [1.807, 2.05) is 31.2 Å². The van der Waals surface area contributed by atoms with Crippen LogP contribution in [-0.2, 0) is 0 Å². The molecule has 23 heavy (non-hydrogen) atoms. The molecule has 2 aromatic rings. The lowest BCUT2D eigenvalue weighted by Gasteiger charge is -2.11. The number of anilines is 1. The maximum Gasteiger partial charge on any atom is 0.257 e. The molecule has 2 N–H and O–H groups in total. The molecule has 1 amide bonds. The van der Waals surface area contributed by atoms with E-state index >= 15 is 0 Å². The second kappa shape index (κ2) is 8.50. The van der Waals surface area contributed by atoms with Gasteiger partial charge in [-0.15, -0.1) is 0 Å². The number of hydrogen-bond acceptors (Lipinski definition) is 3. The van der Waals surface area contributed by atoms with Crippen molar-refractivity contribution in [3.8, 4) is 5.75 Å². The first-order chi connectivity index (χ1) is 11.1. The third kappa shape index (κ3) is 5.54. The van der Waals surface area contributed by atoms with Gasteiger partial charge in [0.15, 0.2) is 5.11 Å². The summed E-state index contributed by atoms with van der Waals surface area (Å²) in [5.41, 5.74) is 1.19. The summed E-state index contributed by atoms with van der Waals surface area (Å²) in [5, 5.41) is 6.29. The number of ether oxygens (including phenoxy) is 1. The van der Waals surface area contributed by atoms with Crippen LogP contribution in [0.25, 0.3) is 0 Å². The van der Waals surface area contributed by atoms with Crippen LogP contribution >= 0.6 is 23.8 Å². The second-order valence-corrected chi connectivity index (χ2v) is 5.64. The number of carbonyl (C=O) groups excluding carboxylic acids is 1. The highest BCUT2D eigenvalue weighted by molar-refractivity contribution is 7.80. The average Bonchev–Trinajstić information content (AvgIpc) is 2.53. The van der Waals surface area contributed by atoms with Crippen molar-refractivity contribution in [3.63, 3.8) is 0 Å². The minimum absolute atomic E-state index is 0.211. The van der Waals surface area contributed by atoms with Crippen LogP contribution in [0.1, 0.15) is 23.7 Å². The Morgan fingerprint density at radius 2 is 2.00 bits per heavy atom. The smallest absolute Gasteiger partial charge is 0.257 e. The molecule has 0 aliphatic rings. The SMILES string of the molecule is CCCOc1cccc(NC(=S)NC(=O)c2cccc(Cl)c2)c1. The number of halogens is 1. The van der Waals surface area contributed by atoms with Crippen LogP contribution in [-0.4, -0.2) is 17.6 Å². The molecule has 0 saturated heterocycles. The third-order valence-corrected chi connectivity index (χ3v) is 3.32. The molecule has 0 aliphatic heterocycles. The van der Waals surface area contributed by atoms with E-state index in [-0.39, 0.29) is 11.0 Å². The lowest BCUT2D eigenvalue weighted by Crippen LogP contribution is -2.34. The molecule has 6 heteroatoms. The van der Waals surface area contributed by atoms with Crippen molar-refractivity contribution in [2.24, 2.45) is 0 Å². The van der Waals surface area contributed by atoms with Crippen LogP contribution < -0.4 is 15.4 Å². The Labute approximate surface area is 145 Å². The number of carbonyl (C=O) groups is 1. The summed E-state index contributed by atoms with van der Waals surface area (Å²) in [6.45, 7) is 2.70. The molecule has 0 radical (unpaired) electrons. The van der Waals surface area contributed by atoms with E-state index in [9.17, 15) is 4.79 Å². The number of thiocarbonyl (C=S) groups is 1. The van der Waals surface area contributed by atoms with Gasteiger partial charge >= 0.3 is 0 Å². The van der Waals surface area contributed by atoms with Gasteiger partial charge in [0, 0.05) is 22.3 Å². The van der Waals surface area contributed by atoms with Crippen molar-refractivity contribution in [1.29, 1.82) is 0 Å². The van der Waals surface area contributed by atoms with Crippen LogP contribution in [0.15, 0.2) is 48.5 Å².